The fourth-order valence-corrected chi connectivity index (χ4v) is 5.23. The zero-order valence-electron chi connectivity index (χ0n) is 24.7. The third-order valence-corrected chi connectivity index (χ3v) is 7.43. The van der Waals surface area contributed by atoms with Gasteiger partial charge >= 0.3 is 0 Å². The predicted octanol–water partition coefficient (Wildman–Crippen LogP) is 9.13. The molecule has 3 aromatic heterocycles. The van der Waals surface area contributed by atoms with Gasteiger partial charge in [-0.05, 0) is 46.7 Å². The van der Waals surface area contributed by atoms with E-state index in [2.05, 4.69) is 81.4 Å². The second-order valence-electron chi connectivity index (χ2n) is 12.5. The summed E-state index contributed by atoms with van der Waals surface area (Å²) in [4.78, 5) is 9.49. The van der Waals surface area contributed by atoms with Gasteiger partial charge in [-0.15, -0.1) is 18.2 Å². The molecule has 0 unspecified atom stereocenters. The first-order valence-electron chi connectivity index (χ1n) is 13.9. The van der Waals surface area contributed by atoms with Gasteiger partial charge in [0, 0.05) is 61.0 Å². The molecule has 0 radical (unpaired) electrons. The zero-order valence-corrected chi connectivity index (χ0v) is 26.9. The second-order valence-corrected chi connectivity index (χ2v) is 12.5. The standard InChI is InChI=1S/C36H34N3O2.Pt/c1-35(2,3)23-20-28(33(40)29(21-23)36(4,5)6)30-16-10-18-32(38-30)41-25-13-9-12-24(22-25)39-31-17-8-7-14-26(31)27-15-11-19-37-34(27)39;/h7-21,40H,1-6H3;/q-1;. The van der Waals surface area contributed by atoms with E-state index in [0.717, 1.165) is 38.8 Å². The van der Waals surface area contributed by atoms with Crippen LogP contribution in [-0.4, -0.2) is 19.6 Å². The number of nitrogens with zero attached hydrogens (tertiary/aromatic N) is 3. The predicted molar refractivity (Wildman–Crippen MR) is 166 cm³/mol. The van der Waals surface area contributed by atoms with Crippen LogP contribution in [0.4, 0.5) is 0 Å². The van der Waals surface area contributed by atoms with E-state index in [1.807, 2.05) is 66.9 Å². The molecule has 6 heteroatoms. The summed E-state index contributed by atoms with van der Waals surface area (Å²) >= 11 is 0. The van der Waals surface area contributed by atoms with Crippen LogP contribution in [0.3, 0.4) is 0 Å². The molecule has 1 N–H and O–H groups in total. The molecule has 5 nitrogen and oxygen atoms in total. The summed E-state index contributed by atoms with van der Waals surface area (Å²) in [5.41, 5.74) is 5.82. The van der Waals surface area contributed by atoms with Crippen LogP contribution in [0.25, 0.3) is 38.9 Å². The van der Waals surface area contributed by atoms with Crippen molar-refractivity contribution in [3.05, 3.63) is 108 Å². The normalized spacial score (nSPS) is 12.0. The van der Waals surface area contributed by atoms with E-state index in [9.17, 15) is 5.11 Å². The SMILES string of the molecule is CC(C)(C)c1cc(-c2cccc(Oc3[c-]c(-n4c5ccccc5c5cccnc54)ccc3)n2)c(O)c(C(C)(C)C)c1.[Pt]. The summed E-state index contributed by atoms with van der Waals surface area (Å²) in [6, 6.07) is 31.3. The van der Waals surface area contributed by atoms with Crippen molar-refractivity contribution in [3.8, 4) is 34.3 Å². The topological polar surface area (TPSA) is 60.2 Å². The molecule has 0 bridgehead atoms. The Labute approximate surface area is 261 Å². The maximum atomic E-state index is 11.4. The molecule has 0 saturated heterocycles. The van der Waals surface area contributed by atoms with Crippen LogP contribution >= 0.6 is 0 Å². The van der Waals surface area contributed by atoms with Gasteiger partial charge in [0.1, 0.15) is 11.4 Å². The molecule has 0 fully saturated rings. The minimum Gasteiger partial charge on any atom is -0.507 e. The van der Waals surface area contributed by atoms with Crippen LogP contribution in [0, 0.1) is 6.07 Å². The maximum Gasteiger partial charge on any atom is 0.217 e. The molecule has 0 spiro atoms. The third kappa shape index (κ3) is 5.46. The van der Waals surface area contributed by atoms with Crippen molar-refractivity contribution in [1.82, 2.24) is 14.5 Å². The van der Waals surface area contributed by atoms with E-state index in [0.29, 0.717) is 22.9 Å². The monoisotopic (exact) mass is 735 g/mol. The van der Waals surface area contributed by atoms with Gasteiger partial charge < -0.3 is 14.4 Å². The van der Waals surface area contributed by atoms with E-state index < -0.39 is 0 Å². The summed E-state index contributed by atoms with van der Waals surface area (Å²) in [7, 11) is 0. The number of fused-ring (bicyclic) bond motifs is 3. The van der Waals surface area contributed by atoms with Crippen molar-refractivity contribution >= 4 is 21.9 Å². The Balaban J connectivity index is 0.00000353. The minimum absolute atomic E-state index is 0. The Morgan fingerprint density at radius 1 is 0.786 bits per heavy atom. The molecule has 42 heavy (non-hydrogen) atoms. The minimum atomic E-state index is -0.231. The summed E-state index contributed by atoms with van der Waals surface area (Å²) in [6.45, 7) is 12.9. The van der Waals surface area contributed by atoms with Crippen molar-refractivity contribution in [2.45, 2.75) is 52.4 Å². The number of ether oxygens (including phenoxy) is 1. The number of rotatable bonds is 4. The molecule has 0 amide bonds. The van der Waals surface area contributed by atoms with E-state index >= 15 is 0 Å². The number of pyridine rings is 2. The largest absolute Gasteiger partial charge is 0.507 e. The molecule has 3 heterocycles. The number of hydrogen-bond donors (Lipinski definition) is 1. The smallest absolute Gasteiger partial charge is 0.217 e. The molecule has 0 atom stereocenters. The molecule has 3 aromatic carbocycles. The van der Waals surface area contributed by atoms with Crippen molar-refractivity contribution in [2.24, 2.45) is 0 Å². The molecule has 0 aliphatic carbocycles. The van der Waals surface area contributed by atoms with E-state index in [1.165, 1.54) is 0 Å². The zero-order chi connectivity index (χ0) is 28.9. The van der Waals surface area contributed by atoms with E-state index in [-0.39, 0.29) is 37.6 Å². The quantitative estimate of drug-likeness (QED) is 0.184. The van der Waals surface area contributed by atoms with Crippen molar-refractivity contribution in [1.29, 1.82) is 0 Å². The van der Waals surface area contributed by atoms with E-state index in [4.69, 9.17) is 9.72 Å². The number of para-hydroxylation sites is 1. The third-order valence-electron chi connectivity index (χ3n) is 7.43. The summed E-state index contributed by atoms with van der Waals surface area (Å²) in [6.07, 6.45) is 1.81. The van der Waals surface area contributed by atoms with Gasteiger partial charge in [-0.2, -0.15) is 6.07 Å². The van der Waals surface area contributed by atoms with Crippen molar-refractivity contribution in [3.63, 3.8) is 0 Å². The van der Waals surface area contributed by atoms with E-state index in [1.54, 1.807) is 0 Å². The molecule has 216 valence electrons. The molecule has 0 saturated carbocycles. The average molecular weight is 736 g/mol. The van der Waals surface area contributed by atoms with Gasteiger partial charge in [0.2, 0.25) is 5.88 Å². The summed E-state index contributed by atoms with van der Waals surface area (Å²) in [5.74, 6) is 1.22. The van der Waals surface area contributed by atoms with Crippen molar-refractivity contribution < 1.29 is 30.9 Å². The van der Waals surface area contributed by atoms with Crippen LogP contribution in [0.5, 0.6) is 17.4 Å². The van der Waals surface area contributed by atoms with Gasteiger partial charge in [-0.1, -0.05) is 77.6 Å². The number of benzene rings is 3. The van der Waals surface area contributed by atoms with Crippen LogP contribution in [0.15, 0.2) is 91.1 Å². The number of aromatic nitrogens is 3. The Kier molecular flexibility index (Phi) is 7.76. The maximum absolute atomic E-state index is 11.4. The fourth-order valence-electron chi connectivity index (χ4n) is 5.23. The van der Waals surface area contributed by atoms with Gasteiger partial charge in [-0.3, -0.25) is 0 Å². The summed E-state index contributed by atoms with van der Waals surface area (Å²) < 4.78 is 8.36. The molecule has 0 aliphatic heterocycles. The van der Waals surface area contributed by atoms with Gasteiger partial charge in [-0.25, -0.2) is 9.97 Å². The summed E-state index contributed by atoms with van der Waals surface area (Å²) in [5, 5.41) is 13.6. The molecular weight excluding hydrogens is 701 g/mol. The Morgan fingerprint density at radius 3 is 2.29 bits per heavy atom. The molecule has 6 rings (SSSR count). The van der Waals surface area contributed by atoms with Crippen LogP contribution in [0.2, 0.25) is 0 Å². The fraction of sp³-hybridized carbons (Fsp3) is 0.222. The first-order valence-corrected chi connectivity index (χ1v) is 13.9. The Morgan fingerprint density at radius 2 is 1.52 bits per heavy atom. The van der Waals surface area contributed by atoms with Crippen LogP contribution in [0.1, 0.15) is 52.7 Å². The molecule has 6 aromatic rings. The van der Waals surface area contributed by atoms with Gasteiger partial charge in [0.05, 0.1) is 11.2 Å². The van der Waals surface area contributed by atoms with Crippen molar-refractivity contribution in [2.75, 3.05) is 0 Å². The van der Waals surface area contributed by atoms with Crippen LogP contribution in [-0.2, 0) is 31.9 Å². The number of phenols is 1. The Hall–Kier alpha value is -3.95. The number of phenolic OH excluding ortho intramolecular Hbond substituents is 1. The van der Waals surface area contributed by atoms with Crippen LogP contribution < -0.4 is 4.74 Å². The van der Waals surface area contributed by atoms with Gasteiger partial charge in [0.25, 0.3) is 0 Å². The second kappa shape index (κ2) is 11.0. The Bertz CT molecular complexity index is 1860. The average Bonchev–Trinajstić information content (AvgIpc) is 3.27. The molecular formula is C36H34N3O2Pt-. The molecule has 0 aliphatic rings. The first kappa shape index (κ1) is 29.5. The first-order chi connectivity index (χ1) is 19.5. The van der Waals surface area contributed by atoms with Gasteiger partial charge in [0.15, 0.2) is 0 Å². The number of aromatic hydroxyl groups is 1. The number of hydrogen-bond acceptors (Lipinski definition) is 4.